The highest BCUT2D eigenvalue weighted by Crippen LogP contribution is 2.25. The van der Waals surface area contributed by atoms with Crippen LogP contribution in [0.2, 0.25) is 0 Å². The monoisotopic (exact) mass is 305 g/mol. The van der Waals surface area contributed by atoms with Crippen molar-refractivity contribution in [2.24, 2.45) is 0 Å². The lowest BCUT2D eigenvalue weighted by Gasteiger charge is -2.09. The number of carbonyl (C=O) groups excluding carboxylic acids is 1. The van der Waals surface area contributed by atoms with E-state index in [1.54, 1.807) is 18.2 Å². The molecular weight excluding hydrogens is 294 g/mol. The molecule has 3 nitrogen and oxygen atoms in total. The molecule has 0 bridgehead atoms. The summed E-state index contributed by atoms with van der Waals surface area (Å²) in [4.78, 5) is 12.0. The molecule has 2 rings (SSSR count). The third-order valence-electron chi connectivity index (χ3n) is 2.52. The van der Waals surface area contributed by atoms with Gasteiger partial charge < -0.3 is 10.4 Å². The number of phenolic OH excluding ortho intramolecular Hbond substituents is 1. The van der Waals surface area contributed by atoms with Gasteiger partial charge in [-0.1, -0.05) is 18.2 Å². The summed E-state index contributed by atoms with van der Waals surface area (Å²) in [5.41, 5.74) is 1.99. The number of aryl methyl sites for hydroxylation is 1. The van der Waals surface area contributed by atoms with Crippen LogP contribution in [0.1, 0.15) is 15.9 Å². The number of phenols is 1. The molecule has 0 heterocycles. The topological polar surface area (TPSA) is 49.3 Å². The van der Waals surface area contributed by atoms with Crippen LogP contribution in [0, 0.1) is 6.92 Å². The number of aromatic hydroxyl groups is 1. The number of para-hydroxylation sites is 1. The van der Waals surface area contributed by atoms with Crippen LogP contribution in [0.25, 0.3) is 0 Å². The second kappa shape index (κ2) is 5.23. The molecule has 0 aliphatic rings. The zero-order chi connectivity index (χ0) is 13.1. The number of benzene rings is 2. The van der Waals surface area contributed by atoms with Gasteiger partial charge in [0.25, 0.3) is 5.91 Å². The number of rotatable bonds is 2. The van der Waals surface area contributed by atoms with Crippen molar-refractivity contribution in [3.63, 3.8) is 0 Å². The van der Waals surface area contributed by atoms with Gasteiger partial charge in [0.15, 0.2) is 0 Å². The van der Waals surface area contributed by atoms with Crippen LogP contribution in [0.4, 0.5) is 5.69 Å². The maximum atomic E-state index is 12.0. The molecule has 0 atom stereocenters. The van der Waals surface area contributed by atoms with E-state index < -0.39 is 0 Å². The number of hydrogen-bond acceptors (Lipinski definition) is 2. The van der Waals surface area contributed by atoms with Gasteiger partial charge in [-0.15, -0.1) is 0 Å². The Kier molecular flexibility index (Phi) is 3.67. The number of nitrogens with one attached hydrogen (secondary N) is 1. The number of hydrogen-bond donors (Lipinski definition) is 2. The van der Waals surface area contributed by atoms with Crippen LogP contribution in [0.15, 0.2) is 46.9 Å². The first-order valence-corrected chi connectivity index (χ1v) is 6.23. The molecule has 0 aliphatic carbocycles. The normalized spacial score (nSPS) is 10.1. The predicted molar refractivity (Wildman–Crippen MR) is 74.9 cm³/mol. The Bertz CT molecular complexity index is 596. The fourth-order valence-corrected chi connectivity index (χ4v) is 1.94. The largest absolute Gasteiger partial charge is 0.507 e. The van der Waals surface area contributed by atoms with E-state index >= 15 is 0 Å². The lowest BCUT2D eigenvalue weighted by Crippen LogP contribution is -2.12. The van der Waals surface area contributed by atoms with Gasteiger partial charge in [-0.25, -0.2) is 0 Å². The van der Waals surface area contributed by atoms with E-state index in [1.165, 1.54) is 6.07 Å². The Morgan fingerprint density at radius 2 is 1.94 bits per heavy atom. The first-order chi connectivity index (χ1) is 8.58. The molecule has 1 amide bonds. The molecular formula is C14H12BrNO2. The quantitative estimate of drug-likeness (QED) is 0.888. The zero-order valence-electron chi connectivity index (χ0n) is 9.77. The zero-order valence-corrected chi connectivity index (χ0v) is 11.4. The highest BCUT2D eigenvalue weighted by atomic mass is 79.9. The molecule has 0 spiro atoms. The lowest BCUT2D eigenvalue weighted by atomic mass is 10.1. The average Bonchev–Trinajstić information content (AvgIpc) is 2.34. The summed E-state index contributed by atoms with van der Waals surface area (Å²) >= 11 is 3.37. The second-order valence-corrected chi connectivity index (χ2v) is 4.81. The van der Waals surface area contributed by atoms with Crippen molar-refractivity contribution < 1.29 is 9.90 Å². The molecule has 0 saturated heterocycles. The Hall–Kier alpha value is -1.81. The highest BCUT2D eigenvalue weighted by Gasteiger charge is 2.11. The molecule has 0 unspecified atom stereocenters. The van der Waals surface area contributed by atoms with Crippen LogP contribution < -0.4 is 5.32 Å². The Labute approximate surface area is 114 Å². The minimum atomic E-state index is -0.334. The van der Waals surface area contributed by atoms with Gasteiger partial charge in [0.1, 0.15) is 5.75 Å². The third-order valence-corrected chi connectivity index (χ3v) is 3.21. The molecule has 0 aromatic heterocycles. The molecule has 0 aliphatic heterocycles. The summed E-state index contributed by atoms with van der Waals surface area (Å²) < 4.78 is 0.803. The SMILES string of the molecule is Cc1ccc(Br)c(NC(=O)c2ccccc2O)c1. The van der Waals surface area contributed by atoms with E-state index in [0.717, 1.165) is 10.0 Å². The minimum Gasteiger partial charge on any atom is -0.507 e. The van der Waals surface area contributed by atoms with E-state index in [9.17, 15) is 9.90 Å². The highest BCUT2D eigenvalue weighted by molar-refractivity contribution is 9.10. The van der Waals surface area contributed by atoms with Crippen LogP contribution in [-0.2, 0) is 0 Å². The number of anilines is 1. The van der Waals surface area contributed by atoms with Crippen LogP contribution >= 0.6 is 15.9 Å². The molecule has 4 heteroatoms. The Morgan fingerprint density at radius 3 is 2.67 bits per heavy atom. The first-order valence-electron chi connectivity index (χ1n) is 5.43. The van der Waals surface area contributed by atoms with Crippen molar-refractivity contribution >= 4 is 27.5 Å². The van der Waals surface area contributed by atoms with Gasteiger partial charge in [0.2, 0.25) is 0 Å². The molecule has 0 saturated carbocycles. The first kappa shape index (κ1) is 12.6. The van der Waals surface area contributed by atoms with Gasteiger partial charge in [-0.05, 0) is 52.7 Å². The standard InChI is InChI=1S/C14H12BrNO2/c1-9-6-7-11(15)12(8-9)16-14(18)10-4-2-3-5-13(10)17/h2-8,17H,1H3,(H,16,18). The van der Waals surface area contributed by atoms with Crippen molar-refractivity contribution in [1.82, 2.24) is 0 Å². The van der Waals surface area contributed by atoms with E-state index in [0.29, 0.717) is 5.69 Å². The van der Waals surface area contributed by atoms with Gasteiger partial charge >= 0.3 is 0 Å². The number of carbonyl (C=O) groups is 1. The van der Waals surface area contributed by atoms with Crippen LogP contribution in [0.3, 0.4) is 0 Å². The van der Waals surface area contributed by atoms with Gasteiger partial charge in [-0.2, -0.15) is 0 Å². The Balaban J connectivity index is 2.27. The third kappa shape index (κ3) is 2.71. The van der Waals surface area contributed by atoms with E-state index in [2.05, 4.69) is 21.2 Å². The summed E-state index contributed by atoms with van der Waals surface area (Å²) in [7, 11) is 0. The molecule has 0 fully saturated rings. The minimum absolute atomic E-state index is 0.0289. The number of amides is 1. The molecule has 18 heavy (non-hydrogen) atoms. The van der Waals surface area contributed by atoms with Crippen molar-refractivity contribution in [2.75, 3.05) is 5.32 Å². The molecule has 2 aromatic carbocycles. The van der Waals surface area contributed by atoms with Gasteiger partial charge in [-0.3, -0.25) is 4.79 Å². The van der Waals surface area contributed by atoms with Crippen molar-refractivity contribution in [3.05, 3.63) is 58.1 Å². The smallest absolute Gasteiger partial charge is 0.259 e. The molecule has 92 valence electrons. The summed E-state index contributed by atoms with van der Waals surface area (Å²) in [6, 6.07) is 12.1. The van der Waals surface area contributed by atoms with E-state index in [1.807, 2.05) is 25.1 Å². The fraction of sp³-hybridized carbons (Fsp3) is 0.0714. The van der Waals surface area contributed by atoms with Crippen molar-refractivity contribution in [3.8, 4) is 5.75 Å². The fourth-order valence-electron chi connectivity index (χ4n) is 1.59. The summed E-state index contributed by atoms with van der Waals surface area (Å²) in [5.74, 6) is -0.363. The number of halogens is 1. The maximum Gasteiger partial charge on any atom is 0.259 e. The van der Waals surface area contributed by atoms with Crippen molar-refractivity contribution in [1.29, 1.82) is 0 Å². The maximum absolute atomic E-state index is 12.0. The summed E-state index contributed by atoms with van der Waals surface area (Å²) in [5, 5.41) is 12.4. The predicted octanol–water partition coefficient (Wildman–Crippen LogP) is 3.72. The van der Waals surface area contributed by atoms with Crippen molar-refractivity contribution in [2.45, 2.75) is 6.92 Å². The molecule has 2 aromatic rings. The van der Waals surface area contributed by atoms with Gasteiger partial charge in [0, 0.05) is 4.47 Å². The average molecular weight is 306 g/mol. The second-order valence-electron chi connectivity index (χ2n) is 3.95. The van der Waals surface area contributed by atoms with Crippen LogP contribution in [-0.4, -0.2) is 11.0 Å². The summed E-state index contributed by atoms with van der Waals surface area (Å²) in [6.45, 7) is 1.95. The Morgan fingerprint density at radius 1 is 1.22 bits per heavy atom. The summed E-state index contributed by atoms with van der Waals surface area (Å²) in [6.07, 6.45) is 0. The van der Waals surface area contributed by atoms with E-state index in [-0.39, 0.29) is 17.2 Å². The lowest BCUT2D eigenvalue weighted by molar-refractivity contribution is 0.102. The molecule has 0 radical (unpaired) electrons. The van der Waals surface area contributed by atoms with E-state index in [4.69, 9.17) is 0 Å². The molecule has 2 N–H and O–H groups in total. The van der Waals surface area contributed by atoms with Gasteiger partial charge in [0.05, 0.1) is 11.3 Å². The van der Waals surface area contributed by atoms with Crippen LogP contribution in [0.5, 0.6) is 5.75 Å².